The molecule has 5 nitrogen and oxygen atoms in total. The molecule has 1 N–H and O–H groups in total. The molecule has 3 heterocycles. The first-order valence-corrected chi connectivity index (χ1v) is 10.1. The van der Waals surface area contributed by atoms with E-state index >= 15 is 0 Å². The number of para-hydroxylation sites is 1. The lowest BCUT2D eigenvalue weighted by atomic mass is 9.97. The van der Waals surface area contributed by atoms with E-state index in [0.717, 1.165) is 10.9 Å². The lowest BCUT2D eigenvalue weighted by Gasteiger charge is -2.42. The van der Waals surface area contributed by atoms with Crippen LogP contribution in [0.5, 0.6) is 0 Å². The number of fused-ring (bicyclic) bond motifs is 3. The lowest BCUT2D eigenvalue weighted by molar-refractivity contribution is 0.0257. The zero-order valence-electron chi connectivity index (χ0n) is 14.5. The van der Waals surface area contributed by atoms with Crippen LogP contribution in [0.3, 0.4) is 0 Å². The maximum Gasteiger partial charge on any atom is 0.345 e. The number of halogens is 1. The zero-order chi connectivity index (χ0) is 18.2. The van der Waals surface area contributed by atoms with Crippen molar-refractivity contribution in [3.8, 4) is 0 Å². The summed E-state index contributed by atoms with van der Waals surface area (Å²) < 4.78 is 26.8. The molecule has 0 saturated carbocycles. The monoisotopic (exact) mass is 381 g/mol. The first-order valence-electron chi connectivity index (χ1n) is 8.18. The number of rotatable bonds is 1. The highest BCUT2D eigenvalue weighted by Gasteiger charge is 2.62. The Morgan fingerprint density at radius 2 is 1.88 bits per heavy atom. The molecule has 7 heteroatoms. The molecular formula is C18H21ClNO4P. The van der Waals surface area contributed by atoms with Crippen LogP contribution in [-0.4, -0.2) is 28.0 Å². The second-order valence-electron chi connectivity index (χ2n) is 7.76. The highest BCUT2D eigenvalue weighted by molar-refractivity contribution is 7.56. The minimum atomic E-state index is -3.64. The van der Waals surface area contributed by atoms with E-state index in [1.807, 2.05) is 38.1 Å². The molecule has 4 rings (SSSR count). The molecule has 1 fully saturated rings. The number of aliphatic hydroxyl groups excluding tert-OH is 1. The molecule has 2 aliphatic rings. The van der Waals surface area contributed by atoms with Gasteiger partial charge in [0.15, 0.2) is 0 Å². The fraction of sp³-hybridized carbons (Fsp3) is 0.444. The molecule has 134 valence electrons. The molecule has 25 heavy (non-hydrogen) atoms. The topological polar surface area (TPSA) is 60.7 Å². The summed E-state index contributed by atoms with van der Waals surface area (Å²) in [4.78, 5) is 0. The Bertz CT molecular complexity index is 936. The molecular weight excluding hydrogens is 361 g/mol. The van der Waals surface area contributed by atoms with Crippen LogP contribution in [0.1, 0.15) is 32.6 Å². The quantitative estimate of drug-likeness (QED) is 0.718. The van der Waals surface area contributed by atoms with Gasteiger partial charge in [0, 0.05) is 16.5 Å². The number of hydrogen-bond acceptors (Lipinski definition) is 4. The van der Waals surface area contributed by atoms with E-state index in [9.17, 15) is 9.67 Å². The van der Waals surface area contributed by atoms with Crippen LogP contribution in [0.15, 0.2) is 30.8 Å². The Balaban J connectivity index is 1.87. The van der Waals surface area contributed by atoms with Crippen LogP contribution in [0, 0.1) is 5.41 Å². The Hall–Kier alpha value is -1.10. The van der Waals surface area contributed by atoms with E-state index in [-0.39, 0.29) is 5.41 Å². The summed E-state index contributed by atoms with van der Waals surface area (Å²) in [6.07, 6.45) is -1.13. The van der Waals surface area contributed by atoms with Gasteiger partial charge in [-0.15, -0.1) is 0 Å². The Labute approximate surface area is 151 Å². The standard InChI is InChI=1S/C18H21ClNO4P/c1-11-18(4,25(22)23-9-17(2,3)10-24-25)16(21)15-14(19)12-7-5-6-8-13(12)20(11)15/h5-8,16,21H,1,9-10H2,2-4H3. The van der Waals surface area contributed by atoms with Crippen molar-refractivity contribution in [2.75, 3.05) is 13.2 Å². The number of hydrogen-bond donors (Lipinski definition) is 1. The van der Waals surface area contributed by atoms with E-state index in [4.69, 9.17) is 20.6 Å². The maximum atomic E-state index is 13.6. The van der Waals surface area contributed by atoms with Gasteiger partial charge in [-0.2, -0.15) is 0 Å². The van der Waals surface area contributed by atoms with Gasteiger partial charge >= 0.3 is 7.60 Å². The third-order valence-corrected chi connectivity index (χ3v) is 8.29. The smallest absolute Gasteiger partial charge is 0.345 e. The molecule has 1 aromatic carbocycles. The lowest BCUT2D eigenvalue weighted by Crippen LogP contribution is -2.38. The molecule has 2 aromatic rings. The summed E-state index contributed by atoms with van der Waals surface area (Å²) in [5.41, 5.74) is 1.55. The molecule has 0 spiro atoms. The third kappa shape index (κ3) is 2.11. The molecule has 1 aromatic heterocycles. The molecule has 0 aliphatic carbocycles. The normalized spacial score (nSPS) is 30.6. The van der Waals surface area contributed by atoms with E-state index in [2.05, 4.69) is 6.58 Å². The van der Waals surface area contributed by atoms with Crippen molar-refractivity contribution in [2.45, 2.75) is 32.0 Å². The highest BCUT2D eigenvalue weighted by Crippen LogP contribution is 2.72. The van der Waals surface area contributed by atoms with Gasteiger partial charge < -0.3 is 18.7 Å². The first kappa shape index (κ1) is 17.3. The van der Waals surface area contributed by atoms with Crippen LogP contribution in [0.2, 0.25) is 5.02 Å². The second kappa shape index (κ2) is 5.21. The SMILES string of the molecule is C=C1n2c(c(Cl)c3ccccc32)C(O)C1(C)P1(=O)OCC(C)(C)CO1. The van der Waals surface area contributed by atoms with Crippen molar-refractivity contribution >= 4 is 35.8 Å². The second-order valence-corrected chi connectivity index (χ2v) is 10.6. The summed E-state index contributed by atoms with van der Waals surface area (Å²) in [5, 5.41) is 11.1. The predicted octanol–water partition coefficient (Wildman–Crippen LogP) is 4.84. The molecule has 0 amide bonds. The van der Waals surface area contributed by atoms with Crippen LogP contribution in [0.25, 0.3) is 16.6 Å². The van der Waals surface area contributed by atoms with E-state index in [0.29, 0.717) is 29.6 Å². The highest BCUT2D eigenvalue weighted by atomic mass is 35.5. The van der Waals surface area contributed by atoms with E-state index in [1.165, 1.54) is 0 Å². The van der Waals surface area contributed by atoms with Crippen molar-refractivity contribution < 1.29 is 18.7 Å². The molecule has 2 unspecified atom stereocenters. The van der Waals surface area contributed by atoms with Gasteiger partial charge in [-0.25, -0.2) is 0 Å². The number of aliphatic hydroxyl groups is 1. The first-order chi connectivity index (χ1) is 11.6. The number of nitrogens with zero attached hydrogens (tertiary/aromatic N) is 1. The Kier molecular flexibility index (Phi) is 3.61. The minimum absolute atomic E-state index is 0.227. The van der Waals surface area contributed by atoms with Crippen molar-refractivity contribution in [3.05, 3.63) is 41.6 Å². The zero-order valence-corrected chi connectivity index (χ0v) is 16.1. The van der Waals surface area contributed by atoms with Crippen molar-refractivity contribution in [3.63, 3.8) is 0 Å². The Morgan fingerprint density at radius 1 is 1.28 bits per heavy atom. The third-order valence-electron chi connectivity index (χ3n) is 5.31. The van der Waals surface area contributed by atoms with Crippen LogP contribution < -0.4 is 0 Å². The summed E-state index contributed by atoms with van der Waals surface area (Å²) in [6.45, 7) is 10.4. The van der Waals surface area contributed by atoms with Gasteiger partial charge in [0.2, 0.25) is 0 Å². The van der Waals surface area contributed by atoms with Gasteiger partial charge in [-0.05, 0) is 13.0 Å². The van der Waals surface area contributed by atoms with Gasteiger partial charge in [-0.3, -0.25) is 4.57 Å². The molecule has 1 saturated heterocycles. The predicted molar refractivity (Wildman–Crippen MR) is 98.9 cm³/mol. The summed E-state index contributed by atoms with van der Waals surface area (Å²) in [5.74, 6) is 0. The summed E-state index contributed by atoms with van der Waals surface area (Å²) in [6, 6.07) is 7.56. The summed E-state index contributed by atoms with van der Waals surface area (Å²) in [7, 11) is -3.64. The molecule has 2 atom stereocenters. The van der Waals surface area contributed by atoms with Crippen molar-refractivity contribution in [2.24, 2.45) is 5.41 Å². The van der Waals surface area contributed by atoms with Gasteiger partial charge in [0.1, 0.15) is 11.3 Å². The van der Waals surface area contributed by atoms with Gasteiger partial charge in [-0.1, -0.05) is 50.2 Å². The van der Waals surface area contributed by atoms with Crippen molar-refractivity contribution in [1.29, 1.82) is 0 Å². The van der Waals surface area contributed by atoms with E-state index < -0.39 is 18.9 Å². The van der Waals surface area contributed by atoms with Crippen LogP contribution >= 0.6 is 19.2 Å². The number of benzene rings is 1. The largest absolute Gasteiger partial charge is 0.385 e. The number of aromatic nitrogens is 1. The average molecular weight is 382 g/mol. The minimum Gasteiger partial charge on any atom is -0.385 e. The fourth-order valence-corrected chi connectivity index (χ4v) is 6.41. The molecule has 0 radical (unpaired) electrons. The fourth-order valence-electron chi connectivity index (χ4n) is 3.58. The van der Waals surface area contributed by atoms with E-state index in [1.54, 1.807) is 11.5 Å². The van der Waals surface area contributed by atoms with Gasteiger partial charge in [0.25, 0.3) is 0 Å². The summed E-state index contributed by atoms with van der Waals surface area (Å²) >= 11 is 6.53. The molecule has 0 bridgehead atoms. The van der Waals surface area contributed by atoms with Crippen LogP contribution in [0.4, 0.5) is 0 Å². The average Bonchev–Trinajstić information content (AvgIpc) is 2.99. The van der Waals surface area contributed by atoms with Gasteiger partial charge in [0.05, 0.1) is 29.4 Å². The Morgan fingerprint density at radius 3 is 2.52 bits per heavy atom. The van der Waals surface area contributed by atoms with Crippen LogP contribution in [-0.2, 0) is 13.6 Å². The van der Waals surface area contributed by atoms with Crippen molar-refractivity contribution in [1.82, 2.24) is 4.57 Å². The molecule has 2 aliphatic heterocycles. The maximum absolute atomic E-state index is 13.6.